The predicted molar refractivity (Wildman–Crippen MR) is 70.7 cm³/mol. The van der Waals surface area contributed by atoms with Gasteiger partial charge in [-0.3, -0.25) is 10.1 Å². The number of nitrogens with one attached hydrogen (secondary N) is 1. The first-order valence-corrected chi connectivity index (χ1v) is 6.55. The first-order chi connectivity index (χ1) is 8.68. The molecule has 1 aromatic rings. The zero-order valence-electron chi connectivity index (χ0n) is 10.7. The van der Waals surface area contributed by atoms with Gasteiger partial charge in [0.25, 0.3) is 0 Å². The number of aryl methyl sites for hydroxylation is 1. The second-order valence-electron chi connectivity index (χ2n) is 4.91. The van der Waals surface area contributed by atoms with E-state index in [4.69, 9.17) is 0 Å². The predicted octanol–water partition coefficient (Wildman–Crippen LogP) is 3.43. The van der Waals surface area contributed by atoms with Crippen molar-refractivity contribution in [3.63, 3.8) is 0 Å². The van der Waals surface area contributed by atoms with Gasteiger partial charge in [-0.25, -0.2) is 4.98 Å². The number of nitrogens with zero attached hydrogens (tertiary/aromatic N) is 2. The number of anilines is 1. The molecule has 0 radical (unpaired) electrons. The van der Waals surface area contributed by atoms with Crippen molar-refractivity contribution in [2.45, 2.75) is 51.5 Å². The third-order valence-electron chi connectivity index (χ3n) is 3.50. The van der Waals surface area contributed by atoms with Gasteiger partial charge < -0.3 is 5.32 Å². The second kappa shape index (κ2) is 5.80. The molecule has 1 saturated carbocycles. The summed E-state index contributed by atoms with van der Waals surface area (Å²) < 4.78 is 0. The van der Waals surface area contributed by atoms with Crippen LogP contribution in [0.1, 0.15) is 44.1 Å². The molecule has 1 heterocycles. The van der Waals surface area contributed by atoms with Gasteiger partial charge in [-0.15, -0.1) is 0 Å². The highest BCUT2D eigenvalue weighted by Gasteiger charge is 2.21. The van der Waals surface area contributed by atoms with Gasteiger partial charge in [0, 0.05) is 17.8 Å². The first kappa shape index (κ1) is 12.8. The zero-order valence-corrected chi connectivity index (χ0v) is 10.7. The topological polar surface area (TPSA) is 68.1 Å². The molecule has 0 saturated heterocycles. The van der Waals surface area contributed by atoms with Crippen molar-refractivity contribution in [3.05, 3.63) is 27.9 Å². The van der Waals surface area contributed by atoms with Gasteiger partial charge in [-0.05, 0) is 25.8 Å². The number of rotatable bonds is 3. The molecular weight excluding hydrogens is 230 g/mol. The highest BCUT2D eigenvalue weighted by molar-refractivity contribution is 5.60. The summed E-state index contributed by atoms with van der Waals surface area (Å²) in [6.07, 6.45) is 8.69. The summed E-state index contributed by atoms with van der Waals surface area (Å²) in [5.74, 6) is 0.423. The Labute approximate surface area is 107 Å². The Hall–Kier alpha value is -1.65. The lowest BCUT2D eigenvalue weighted by atomic mass is 10.1. The molecule has 0 aliphatic heterocycles. The average Bonchev–Trinajstić information content (AvgIpc) is 2.57. The monoisotopic (exact) mass is 249 g/mol. The Balaban J connectivity index is 2.17. The number of nitro groups is 1. The second-order valence-corrected chi connectivity index (χ2v) is 4.91. The van der Waals surface area contributed by atoms with Crippen molar-refractivity contribution in [1.29, 1.82) is 0 Å². The maximum Gasteiger partial charge on any atom is 0.314 e. The molecule has 1 fully saturated rings. The van der Waals surface area contributed by atoms with Crippen molar-refractivity contribution in [3.8, 4) is 0 Å². The van der Waals surface area contributed by atoms with Crippen LogP contribution in [0.15, 0.2) is 12.3 Å². The molecule has 1 aliphatic carbocycles. The van der Waals surface area contributed by atoms with E-state index in [1.807, 2.05) is 0 Å². The minimum atomic E-state index is -0.346. The number of pyridine rings is 1. The summed E-state index contributed by atoms with van der Waals surface area (Å²) in [6.45, 7) is 1.75. The van der Waals surface area contributed by atoms with Gasteiger partial charge in [-0.2, -0.15) is 0 Å². The van der Waals surface area contributed by atoms with E-state index in [-0.39, 0.29) is 10.6 Å². The highest BCUT2D eigenvalue weighted by atomic mass is 16.6. The van der Waals surface area contributed by atoms with Crippen LogP contribution in [-0.2, 0) is 0 Å². The maximum atomic E-state index is 11.1. The van der Waals surface area contributed by atoms with Crippen LogP contribution in [0, 0.1) is 17.0 Å². The van der Waals surface area contributed by atoms with E-state index < -0.39 is 0 Å². The fraction of sp³-hybridized carbons (Fsp3) is 0.615. The summed E-state index contributed by atoms with van der Waals surface area (Å²) in [5.41, 5.74) is 0.771. The molecule has 2 rings (SSSR count). The van der Waals surface area contributed by atoms with Crippen LogP contribution in [0.4, 0.5) is 11.5 Å². The molecule has 0 aromatic carbocycles. The lowest BCUT2D eigenvalue weighted by molar-refractivity contribution is -0.384. The first-order valence-electron chi connectivity index (χ1n) is 6.55. The van der Waals surface area contributed by atoms with Gasteiger partial charge in [0.05, 0.1) is 4.92 Å². The summed E-state index contributed by atoms with van der Waals surface area (Å²) in [4.78, 5) is 14.9. The van der Waals surface area contributed by atoms with E-state index >= 15 is 0 Å². The molecule has 1 N–H and O–H groups in total. The van der Waals surface area contributed by atoms with Crippen molar-refractivity contribution in [1.82, 2.24) is 4.98 Å². The summed E-state index contributed by atoms with van der Waals surface area (Å²) in [7, 11) is 0. The van der Waals surface area contributed by atoms with E-state index in [1.165, 1.54) is 25.7 Å². The van der Waals surface area contributed by atoms with Crippen LogP contribution < -0.4 is 5.32 Å². The fourth-order valence-electron chi connectivity index (χ4n) is 2.50. The molecule has 0 atom stereocenters. The average molecular weight is 249 g/mol. The maximum absolute atomic E-state index is 11.1. The van der Waals surface area contributed by atoms with Crippen LogP contribution in [0.25, 0.3) is 0 Å². The summed E-state index contributed by atoms with van der Waals surface area (Å²) in [6, 6.07) is 2.00. The zero-order chi connectivity index (χ0) is 13.0. The van der Waals surface area contributed by atoms with Gasteiger partial charge in [-0.1, -0.05) is 25.7 Å². The molecule has 5 heteroatoms. The van der Waals surface area contributed by atoms with Crippen LogP contribution in [-0.4, -0.2) is 15.9 Å². The molecule has 98 valence electrons. The minimum absolute atomic E-state index is 0.113. The standard InChI is InChI=1S/C13H19N3O2/c1-10-8-9-14-13(12(10)16(17)18)15-11-6-4-2-3-5-7-11/h8-9,11H,2-7H2,1H3,(H,14,15). The van der Waals surface area contributed by atoms with Gasteiger partial charge in [0.15, 0.2) is 0 Å². The van der Waals surface area contributed by atoms with Crippen molar-refractivity contribution >= 4 is 11.5 Å². The normalized spacial score (nSPS) is 17.2. The smallest absolute Gasteiger partial charge is 0.314 e. The van der Waals surface area contributed by atoms with Crippen LogP contribution >= 0.6 is 0 Å². The Morgan fingerprint density at radius 3 is 2.61 bits per heavy atom. The van der Waals surface area contributed by atoms with Gasteiger partial charge in [0.1, 0.15) is 0 Å². The lowest BCUT2D eigenvalue weighted by Crippen LogP contribution is -2.20. The van der Waals surface area contributed by atoms with Crippen molar-refractivity contribution in [2.24, 2.45) is 0 Å². The molecule has 0 unspecified atom stereocenters. The number of hydrogen-bond acceptors (Lipinski definition) is 4. The Bertz CT molecular complexity index is 426. The van der Waals surface area contributed by atoms with Gasteiger partial charge in [0.2, 0.25) is 5.82 Å². The summed E-state index contributed by atoms with van der Waals surface area (Å²) in [5, 5.41) is 14.3. The molecular formula is C13H19N3O2. The Morgan fingerprint density at radius 1 is 1.33 bits per heavy atom. The van der Waals surface area contributed by atoms with E-state index in [0.29, 0.717) is 17.4 Å². The largest absolute Gasteiger partial charge is 0.362 e. The van der Waals surface area contributed by atoms with Crippen LogP contribution in [0.3, 0.4) is 0 Å². The minimum Gasteiger partial charge on any atom is -0.362 e. The molecule has 5 nitrogen and oxygen atoms in total. The Kier molecular flexibility index (Phi) is 4.12. The molecule has 0 spiro atoms. The highest BCUT2D eigenvalue weighted by Crippen LogP contribution is 2.28. The summed E-state index contributed by atoms with van der Waals surface area (Å²) >= 11 is 0. The third-order valence-corrected chi connectivity index (χ3v) is 3.50. The third kappa shape index (κ3) is 2.97. The molecule has 1 aromatic heterocycles. The number of hydrogen-bond donors (Lipinski definition) is 1. The fourth-order valence-corrected chi connectivity index (χ4v) is 2.50. The van der Waals surface area contributed by atoms with Crippen LogP contribution in [0.5, 0.6) is 0 Å². The molecule has 1 aliphatic rings. The van der Waals surface area contributed by atoms with E-state index in [0.717, 1.165) is 12.8 Å². The quantitative estimate of drug-likeness (QED) is 0.506. The van der Waals surface area contributed by atoms with E-state index in [9.17, 15) is 10.1 Å². The molecule has 0 bridgehead atoms. The lowest BCUT2D eigenvalue weighted by Gasteiger charge is -2.17. The molecule has 18 heavy (non-hydrogen) atoms. The van der Waals surface area contributed by atoms with E-state index in [2.05, 4.69) is 10.3 Å². The number of aromatic nitrogens is 1. The SMILES string of the molecule is Cc1ccnc(NC2CCCCCC2)c1[N+](=O)[O-]. The van der Waals surface area contributed by atoms with Gasteiger partial charge >= 0.3 is 5.69 Å². The van der Waals surface area contributed by atoms with Crippen molar-refractivity contribution < 1.29 is 4.92 Å². The van der Waals surface area contributed by atoms with Crippen molar-refractivity contribution in [2.75, 3.05) is 5.32 Å². The van der Waals surface area contributed by atoms with Crippen LogP contribution in [0.2, 0.25) is 0 Å². The molecule has 0 amide bonds. The Morgan fingerprint density at radius 2 is 2.00 bits per heavy atom. The van der Waals surface area contributed by atoms with E-state index in [1.54, 1.807) is 19.2 Å².